The molecule has 1 saturated carbocycles. The Morgan fingerprint density at radius 2 is 2.35 bits per heavy atom. The first-order chi connectivity index (χ1) is 8.22. The molecule has 1 fully saturated rings. The molecule has 0 aliphatic heterocycles. The fraction of sp³-hybridized carbons (Fsp3) is 0.333. The number of H-pyrrole nitrogens is 1. The Hall–Kier alpha value is -1.62. The first-order valence-corrected chi connectivity index (χ1v) is 6.47. The van der Waals surface area contributed by atoms with Crippen molar-refractivity contribution in [2.75, 3.05) is 0 Å². The van der Waals surface area contributed by atoms with Crippen molar-refractivity contribution in [1.29, 1.82) is 0 Å². The largest absolute Gasteiger partial charge is 0.348 e. The summed E-state index contributed by atoms with van der Waals surface area (Å²) < 4.78 is 0. The molecule has 0 spiro atoms. The fourth-order valence-electron chi connectivity index (χ4n) is 1.63. The van der Waals surface area contributed by atoms with Crippen molar-refractivity contribution in [2.45, 2.75) is 25.8 Å². The van der Waals surface area contributed by atoms with Crippen molar-refractivity contribution in [3.63, 3.8) is 0 Å². The standard InChI is InChI=1S/C12H13N3OS/c1-7-2-5-11(17-7)9-6-10(15-14-9)12(16)13-8-3-4-8/h2,5-6,8H,3-4H2,1H3,(H,13,16)(H,14,15). The van der Waals surface area contributed by atoms with Crippen LogP contribution in [0.15, 0.2) is 18.2 Å². The molecule has 4 nitrogen and oxygen atoms in total. The Kier molecular flexibility index (Phi) is 2.48. The molecule has 88 valence electrons. The molecule has 2 aromatic heterocycles. The van der Waals surface area contributed by atoms with Gasteiger partial charge in [0.25, 0.3) is 5.91 Å². The number of aryl methyl sites for hydroxylation is 1. The Morgan fingerprint density at radius 3 is 3.00 bits per heavy atom. The minimum absolute atomic E-state index is 0.0803. The molecule has 1 aliphatic rings. The number of aromatic nitrogens is 2. The molecule has 5 heteroatoms. The number of amides is 1. The topological polar surface area (TPSA) is 57.8 Å². The summed E-state index contributed by atoms with van der Waals surface area (Å²) in [6.07, 6.45) is 2.18. The van der Waals surface area contributed by atoms with Crippen molar-refractivity contribution in [1.82, 2.24) is 15.5 Å². The first-order valence-electron chi connectivity index (χ1n) is 5.65. The van der Waals surface area contributed by atoms with Crippen molar-refractivity contribution in [3.05, 3.63) is 28.8 Å². The van der Waals surface area contributed by atoms with Gasteiger partial charge in [0.1, 0.15) is 0 Å². The van der Waals surface area contributed by atoms with Crippen LogP contribution in [-0.4, -0.2) is 22.1 Å². The summed E-state index contributed by atoms with van der Waals surface area (Å²) in [6, 6.07) is 6.27. The summed E-state index contributed by atoms with van der Waals surface area (Å²) >= 11 is 1.69. The normalized spacial score (nSPS) is 14.9. The summed E-state index contributed by atoms with van der Waals surface area (Å²) in [5.41, 5.74) is 1.38. The minimum atomic E-state index is -0.0803. The second-order valence-electron chi connectivity index (χ2n) is 4.32. The van der Waals surface area contributed by atoms with E-state index in [0.29, 0.717) is 11.7 Å². The van der Waals surface area contributed by atoms with E-state index in [1.807, 2.05) is 12.1 Å². The molecule has 0 aromatic carbocycles. The Morgan fingerprint density at radius 1 is 1.53 bits per heavy atom. The third-order valence-corrected chi connectivity index (χ3v) is 3.76. The third kappa shape index (κ3) is 2.24. The van der Waals surface area contributed by atoms with E-state index in [0.717, 1.165) is 23.4 Å². The van der Waals surface area contributed by atoms with Crippen molar-refractivity contribution >= 4 is 17.2 Å². The van der Waals surface area contributed by atoms with E-state index in [4.69, 9.17) is 0 Å². The van der Waals surface area contributed by atoms with E-state index in [-0.39, 0.29) is 5.91 Å². The van der Waals surface area contributed by atoms with Crippen LogP contribution in [0.2, 0.25) is 0 Å². The van der Waals surface area contributed by atoms with Crippen molar-refractivity contribution < 1.29 is 4.79 Å². The number of aromatic amines is 1. The molecule has 1 amide bonds. The molecule has 0 unspecified atom stereocenters. The highest BCUT2D eigenvalue weighted by atomic mass is 32.1. The lowest BCUT2D eigenvalue weighted by atomic mass is 10.3. The molecular formula is C12H13N3OS. The van der Waals surface area contributed by atoms with E-state index < -0.39 is 0 Å². The van der Waals surface area contributed by atoms with Gasteiger partial charge in [0.15, 0.2) is 5.69 Å². The molecule has 2 N–H and O–H groups in total. The SMILES string of the molecule is Cc1ccc(-c2cc(C(=O)NC3CC3)n[nH]2)s1. The monoisotopic (exact) mass is 247 g/mol. The average molecular weight is 247 g/mol. The Balaban J connectivity index is 1.79. The number of carbonyl (C=O) groups is 1. The summed E-state index contributed by atoms with van der Waals surface area (Å²) in [5, 5.41) is 9.88. The molecule has 2 aromatic rings. The van der Waals surface area contributed by atoms with Gasteiger partial charge < -0.3 is 5.32 Å². The molecular weight excluding hydrogens is 234 g/mol. The van der Waals surface area contributed by atoms with Crippen molar-refractivity contribution in [2.24, 2.45) is 0 Å². The Labute approximate surface area is 103 Å². The lowest BCUT2D eigenvalue weighted by Crippen LogP contribution is -2.25. The van der Waals surface area contributed by atoms with Crippen LogP contribution in [0.1, 0.15) is 28.2 Å². The lowest BCUT2D eigenvalue weighted by Gasteiger charge is -1.97. The first kappa shape index (κ1) is 10.5. The summed E-state index contributed by atoms with van der Waals surface area (Å²) in [7, 11) is 0. The number of rotatable bonds is 3. The summed E-state index contributed by atoms with van der Waals surface area (Å²) in [4.78, 5) is 14.1. The van der Waals surface area contributed by atoms with Gasteiger partial charge in [0, 0.05) is 10.9 Å². The maximum Gasteiger partial charge on any atom is 0.272 e. The maximum atomic E-state index is 11.8. The zero-order chi connectivity index (χ0) is 11.8. The van der Waals surface area contributed by atoms with Crippen LogP contribution >= 0.6 is 11.3 Å². The quantitative estimate of drug-likeness (QED) is 0.874. The van der Waals surface area contributed by atoms with Gasteiger partial charge in [-0.25, -0.2) is 0 Å². The van der Waals surface area contributed by atoms with E-state index in [1.165, 1.54) is 4.88 Å². The molecule has 0 radical (unpaired) electrons. The number of nitrogens with zero attached hydrogens (tertiary/aromatic N) is 1. The van der Waals surface area contributed by atoms with E-state index in [9.17, 15) is 4.79 Å². The van der Waals surface area contributed by atoms with Gasteiger partial charge in [0.2, 0.25) is 0 Å². The van der Waals surface area contributed by atoms with E-state index in [1.54, 1.807) is 11.3 Å². The van der Waals surface area contributed by atoms with Gasteiger partial charge in [0.05, 0.1) is 10.6 Å². The lowest BCUT2D eigenvalue weighted by molar-refractivity contribution is 0.0946. The van der Waals surface area contributed by atoms with Crippen LogP contribution in [0.3, 0.4) is 0 Å². The van der Waals surface area contributed by atoms with Gasteiger partial charge in [-0.15, -0.1) is 11.3 Å². The predicted octanol–water partition coefficient (Wildman–Crippen LogP) is 2.34. The van der Waals surface area contributed by atoms with E-state index in [2.05, 4.69) is 28.5 Å². The molecule has 1 aliphatic carbocycles. The number of carbonyl (C=O) groups excluding carboxylic acids is 1. The van der Waals surface area contributed by atoms with Crippen LogP contribution in [-0.2, 0) is 0 Å². The van der Waals surface area contributed by atoms with E-state index >= 15 is 0 Å². The number of hydrogen-bond donors (Lipinski definition) is 2. The number of nitrogens with one attached hydrogen (secondary N) is 2. The zero-order valence-corrected chi connectivity index (χ0v) is 10.3. The average Bonchev–Trinajstić information content (AvgIpc) is 2.81. The smallest absolute Gasteiger partial charge is 0.272 e. The number of thiophene rings is 1. The second kappa shape index (κ2) is 4.00. The maximum absolute atomic E-state index is 11.8. The summed E-state index contributed by atoms with van der Waals surface area (Å²) in [6.45, 7) is 2.06. The fourth-order valence-corrected chi connectivity index (χ4v) is 2.46. The molecule has 3 rings (SSSR count). The Bertz CT molecular complexity index is 554. The van der Waals surface area contributed by atoms with Crippen molar-refractivity contribution in [3.8, 4) is 10.6 Å². The highest BCUT2D eigenvalue weighted by Gasteiger charge is 2.24. The van der Waals surface area contributed by atoms with Gasteiger partial charge in [-0.3, -0.25) is 9.89 Å². The second-order valence-corrected chi connectivity index (χ2v) is 5.61. The molecule has 17 heavy (non-hydrogen) atoms. The van der Waals surface area contributed by atoms with Crippen LogP contribution in [0.5, 0.6) is 0 Å². The third-order valence-electron chi connectivity index (χ3n) is 2.73. The summed E-state index contributed by atoms with van der Waals surface area (Å²) in [5.74, 6) is -0.0803. The highest BCUT2D eigenvalue weighted by Crippen LogP contribution is 2.26. The van der Waals surface area contributed by atoms with Crippen LogP contribution < -0.4 is 5.32 Å². The molecule has 0 bridgehead atoms. The number of hydrogen-bond acceptors (Lipinski definition) is 3. The highest BCUT2D eigenvalue weighted by molar-refractivity contribution is 7.15. The molecule has 2 heterocycles. The van der Waals surface area contributed by atoms with Crippen LogP contribution in [0.25, 0.3) is 10.6 Å². The van der Waals surface area contributed by atoms with Gasteiger partial charge in [-0.1, -0.05) is 0 Å². The predicted molar refractivity (Wildman–Crippen MR) is 67.1 cm³/mol. The van der Waals surface area contributed by atoms with Gasteiger partial charge in [-0.05, 0) is 38.0 Å². The van der Waals surface area contributed by atoms with Gasteiger partial charge in [-0.2, -0.15) is 5.10 Å². The molecule has 0 saturated heterocycles. The molecule has 0 atom stereocenters. The minimum Gasteiger partial charge on any atom is -0.348 e. The van der Waals surface area contributed by atoms with Crippen LogP contribution in [0.4, 0.5) is 0 Å². The van der Waals surface area contributed by atoms with Gasteiger partial charge >= 0.3 is 0 Å². The van der Waals surface area contributed by atoms with Crippen LogP contribution in [0, 0.1) is 6.92 Å². The zero-order valence-electron chi connectivity index (χ0n) is 9.49.